The molecule has 0 aliphatic heterocycles. The molecule has 0 aromatic heterocycles. The minimum atomic E-state index is -0.631. The maximum absolute atomic E-state index is 10.9. The highest BCUT2D eigenvalue weighted by Gasteiger charge is 2.25. The van der Waals surface area contributed by atoms with E-state index in [9.17, 15) is 4.79 Å². The number of aliphatic carboxylic acids is 1. The van der Waals surface area contributed by atoms with Crippen LogP contribution in [-0.2, 0) is 17.8 Å². The molecule has 3 nitrogen and oxygen atoms in total. The van der Waals surface area contributed by atoms with Crippen molar-refractivity contribution in [1.29, 1.82) is 0 Å². The Morgan fingerprint density at radius 1 is 1.16 bits per heavy atom. The van der Waals surface area contributed by atoms with E-state index in [1.54, 1.807) is 0 Å². The quantitative estimate of drug-likeness (QED) is 0.856. The minimum absolute atomic E-state index is 0.123. The fraction of sp³-hybridized carbons (Fsp3) is 0.562. The van der Waals surface area contributed by atoms with Gasteiger partial charge in [-0.25, -0.2) is 0 Å². The van der Waals surface area contributed by atoms with Crippen molar-refractivity contribution in [1.82, 2.24) is 5.32 Å². The summed E-state index contributed by atoms with van der Waals surface area (Å²) in [6.45, 7) is 3.04. The van der Waals surface area contributed by atoms with Crippen LogP contribution < -0.4 is 5.32 Å². The van der Waals surface area contributed by atoms with Gasteiger partial charge in [-0.05, 0) is 43.2 Å². The van der Waals surface area contributed by atoms with Crippen LogP contribution in [0.2, 0.25) is 0 Å². The number of carboxylic acid groups (broad SMARTS) is 1. The third kappa shape index (κ3) is 4.06. The van der Waals surface area contributed by atoms with Crippen molar-refractivity contribution in [3.8, 4) is 0 Å². The van der Waals surface area contributed by atoms with Gasteiger partial charge in [-0.3, -0.25) is 4.79 Å². The summed E-state index contributed by atoms with van der Waals surface area (Å²) in [5.74, 6) is -0.754. The van der Waals surface area contributed by atoms with E-state index in [1.807, 2.05) is 0 Å². The molecule has 0 heterocycles. The molecule has 1 saturated carbocycles. The summed E-state index contributed by atoms with van der Waals surface area (Å²) >= 11 is 0. The van der Waals surface area contributed by atoms with Crippen LogP contribution in [0.4, 0.5) is 0 Å². The fourth-order valence-corrected chi connectivity index (χ4v) is 2.70. The van der Waals surface area contributed by atoms with Crippen molar-refractivity contribution >= 4 is 5.97 Å². The molecular weight excluding hydrogens is 238 g/mol. The van der Waals surface area contributed by atoms with E-state index in [-0.39, 0.29) is 5.92 Å². The largest absolute Gasteiger partial charge is 0.481 e. The Balaban J connectivity index is 1.75. The zero-order chi connectivity index (χ0) is 13.7. The number of hydrogen-bond acceptors (Lipinski definition) is 2. The molecule has 1 aliphatic carbocycles. The number of carbonyl (C=O) groups is 1. The van der Waals surface area contributed by atoms with E-state index in [0.717, 1.165) is 38.6 Å². The molecule has 2 rings (SSSR count). The van der Waals surface area contributed by atoms with Crippen molar-refractivity contribution in [3.05, 3.63) is 35.4 Å². The van der Waals surface area contributed by atoms with E-state index in [1.165, 1.54) is 11.1 Å². The summed E-state index contributed by atoms with van der Waals surface area (Å²) in [6.07, 6.45) is 4.64. The lowest BCUT2D eigenvalue weighted by Crippen LogP contribution is -2.34. The van der Waals surface area contributed by atoms with Crippen molar-refractivity contribution < 1.29 is 9.90 Å². The van der Waals surface area contributed by atoms with Gasteiger partial charge in [-0.15, -0.1) is 0 Å². The van der Waals surface area contributed by atoms with Crippen LogP contribution in [0, 0.1) is 5.92 Å². The Bertz CT molecular complexity index is 405. The predicted molar refractivity (Wildman–Crippen MR) is 76.0 cm³/mol. The van der Waals surface area contributed by atoms with Crippen LogP contribution in [0.15, 0.2) is 24.3 Å². The first-order valence-electron chi connectivity index (χ1n) is 7.23. The van der Waals surface area contributed by atoms with E-state index >= 15 is 0 Å². The number of rotatable bonds is 5. The first-order chi connectivity index (χ1) is 9.19. The molecule has 0 atom stereocenters. The van der Waals surface area contributed by atoms with Gasteiger partial charge < -0.3 is 10.4 Å². The first-order valence-corrected chi connectivity index (χ1v) is 7.23. The number of nitrogens with one attached hydrogen (secondary N) is 1. The molecule has 3 heteroatoms. The monoisotopic (exact) mass is 261 g/mol. The molecule has 104 valence electrons. The fourth-order valence-electron chi connectivity index (χ4n) is 2.70. The van der Waals surface area contributed by atoms with E-state index in [0.29, 0.717) is 6.04 Å². The van der Waals surface area contributed by atoms with Crippen molar-refractivity contribution in [3.63, 3.8) is 0 Å². The molecule has 0 unspecified atom stereocenters. The molecule has 1 fully saturated rings. The summed E-state index contributed by atoms with van der Waals surface area (Å²) in [5.41, 5.74) is 2.67. The van der Waals surface area contributed by atoms with E-state index < -0.39 is 5.97 Å². The molecule has 0 saturated heterocycles. The van der Waals surface area contributed by atoms with Gasteiger partial charge in [-0.1, -0.05) is 31.2 Å². The summed E-state index contributed by atoms with van der Waals surface area (Å²) < 4.78 is 0. The number of aryl methyl sites for hydroxylation is 1. The van der Waals surface area contributed by atoms with Crippen molar-refractivity contribution in [2.45, 2.75) is 51.6 Å². The maximum Gasteiger partial charge on any atom is 0.306 e. The lowest BCUT2D eigenvalue weighted by atomic mass is 9.86. The summed E-state index contributed by atoms with van der Waals surface area (Å²) in [4.78, 5) is 10.9. The minimum Gasteiger partial charge on any atom is -0.481 e. The lowest BCUT2D eigenvalue weighted by Gasteiger charge is -2.27. The molecule has 1 aromatic carbocycles. The Kier molecular flexibility index (Phi) is 4.97. The van der Waals surface area contributed by atoms with E-state index in [2.05, 4.69) is 36.5 Å². The molecule has 1 aliphatic rings. The molecule has 0 spiro atoms. The third-order valence-electron chi connectivity index (χ3n) is 4.10. The van der Waals surface area contributed by atoms with Gasteiger partial charge in [0.2, 0.25) is 0 Å². The van der Waals surface area contributed by atoms with Crippen LogP contribution >= 0.6 is 0 Å². The van der Waals surface area contributed by atoms with Crippen LogP contribution in [-0.4, -0.2) is 17.1 Å². The van der Waals surface area contributed by atoms with Crippen molar-refractivity contribution in [2.75, 3.05) is 0 Å². The maximum atomic E-state index is 10.9. The molecule has 2 N–H and O–H groups in total. The highest BCUT2D eigenvalue weighted by molar-refractivity contribution is 5.70. The van der Waals surface area contributed by atoms with Crippen LogP contribution in [0.3, 0.4) is 0 Å². The SMILES string of the molecule is CCc1ccc(CNC2CCC(C(=O)O)CC2)cc1. The molecular formula is C16H23NO2. The van der Waals surface area contributed by atoms with Crippen LogP contribution in [0.5, 0.6) is 0 Å². The number of hydrogen-bond donors (Lipinski definition) is 2. The Labute approximate surface area is 115 Å². The van der Waals surface area contributed by atoms with Gasteiger partial charge in [-0.2, -0.15) is 0 Å². The van der Waals surface area contributed by atoms with Gasteiger partial charge in [0.15, 0.2) is 0 Å². The first kappa shape index (κ1) is 14.1. The van der Waals surface area contributed by atoms with Crippen LogP contribution in [0.25, 0.3) is 0 Å². The summed E-state index contributed by atoms with van der Waals surface area (Å²) in [6, 6.07) is 9.18. The Morgan fingerprint density at radius 2 is 1.74 bits per heavy atom. The second-order valence-electron chi connectivity index (χ2n) is 5.44. The van der Waals surface area contributed by atoms with Gasteiger partial charge >= 0.3 is 5.97 Å². The Hall–Kier alpha value is -1.35. The zero-order valence-electron chi connectivity index (χ0n) is 11.6. The lowest BCUT2D eigenvalue weighted by molar-refractivity contribution is -0.142. The second kappa shape index (κ2) is 6.71. The highest BCUT2D eigenvalue weighted by atomic mass is 16.4. The van der Waals surface area contributed by atoms with Gasteiger partial charge in [0.25, 0.3) is 0 Å². The highest BCUT2D eigenvalue weighted by Crippen LogP contribution is 2.24. The zero-order valence-corrected chi connectivity index (χ0v) is 11.6. The van der Waals surface area contributed by atoms with E-state index in [4.69, 9.17) is 5.11 Å². The molecule has 0 radical (unpaired) electrons. The van der Waals surface area contributed by atoms with Crippen molar-refractivity contribution in [2.24, 2.45) is 5.92 Å². The third-order valence-corrected chi connectivity index (χ3v) is 4.10. The topological polar surface area (TPSA) is 49.3 Å². The molecule has 0 bridgehead atoms. The normalized spacial score (nSPS) is 23.2. The average molecular weight is 261 g/mol. The molecule has 0 amide bonds. The number of carboxylic acids is 1. The van der Waals surface area contributed by atoms with Gasteiger partial charge in [0.1, 0.15) is 0 Å². The van der Waals surface area contributed by atoms with Gasteiger partial charge in [0.05, 0.1) is 5.92 Å². The van der Waals surface area contributed by atoms with Gasteiger partial charge in [0, 0.05) is 12.6 Å². The Morgan fingerprint density at radius 3 is 2.26 bits per heavy atom. The van der Waals surface area contributed by atoms with Crippen LogP contribution in [0.1, 0.15) is 43.7 Å². The average Bonchev–Trinajstić information content (AvgIpc) is 2.46. The standard InChI is InChI=1S/C16H23NO2/c1-2-12-3-5-13(6-4-12)11-17-15-9-7-14(8-10-15)16(18)19/h3-6,14-15,17H,2,7-11H2,1H3,(H,18,19). The summed E-state index contributed by atoms with van der Waals surface area (Å²) in [7, 11) is 0. The second-order valence-corrected chi connectivity index (χ2v) is 5.44. The summed E-state index contributed by atoms with van der Waals surface area (Å²) in [5, 5.41) is 12.5. The molecule has 1 aromatic rings. The number of benzene rings is 1. The predicted octanol–water partition coefficient (Wildman–Crippen LogP) is 2.98. The molecule has 19 heavy (non-hydrogen) atoms. The smallest absolute Gasteiger partial charge is 0.306 e.